The van der Waals surface area contributed by atoms with Gasteiger partial charge < -0.3 is 11.5 Å². The molecule has 0 rings (SSSR count). The Labute approximate surface area is 87.4 Å². The zero-order chi connectivity index (χ0) is 4.83. The summed E-state index contributed by atoms with van der Waals surface area (Å²) in [7, 11) is 0. The summed E-state index contributed by atoms with van der Waals surface area (Å²) in [4.78, 5) is 0. The van der Waals surface area contributed by atoms with Gasteiger partial charge in [0.05, 0.1) is 0 Å². The Morgan fingerprint density at radius 1 is 0.857 bits per heavy atom. The minimum absolute atomic E-state index is 0. The van der Waals surface area contributed by atoms with Crippen LogP contribution in [0.5, 0.6) is 0 Å². The van der Waals surface area contributed by atoms with Crippen molar-refractivity contribution in [3.63, 3.8) is 0 Å². The molecular weight excluding hydrogens is 115 g/mol. The second-order valence-electron chi connectivity index (χ2n) is 1.28. The summed E-state index contributed by atoms with van der Waals surface area (Å²) in [6.07, 6.45) is 2.13. The van der Waals surface area contributed by atoms with Crippen molar-refractivity contribution in [1.82, 2.24) is 0 Å². The van der Waals surface area contributed by atoms with Crippen molar-refractivity contribution >= 4 is 51.4 Å². The van der Waals surface area contributed by atoms with Gasteiger partial charge in [-0.1, -0.05) is 0 Å². The topological polar surface area (TPSA) is 52.0 Å². The largest absolute Gasteiger partial charge is 0.330 e. The zero-order valence-corrected chi connectivity index (χ0v) is 8.11. The van der Waals surface area contributed by atoms with E-state index in [1.807, 2.05) is 0 Å². The summed E-state index contributed by atoms with van der Waals surface area (Å²) < 4.78 is 0. The first kappa shape index (κ1) is 11.4. The molecule has 0 amide bonds. The molecule has 39 valence electrons. The van der Waals surface area contributed by atoms with E-state index in [1.54, 1.807) is 0 Å². The van der Waals surface area contributed by atoms with Gasteiger partial charge in [0.2, 0.25) is 0 Å². The van der Waals surface area contributed by atoms with Gasteiger partial charge in [-0.25, -0.2) is 0 Å². The molecule has 2 nitrogen and oxygen atoms in total. The standard InChI is InChI=1S/C4H12N2.K/c5-3-1-2-4-6;/h1-6H2;. The average Bonchev–Trinajstić information content (AvgIpc) is 1.61. The van der Waals surface area contributed by atoms with Gasteiger partial charge in [0.15, 0.2) is 0 Å². The van der Waals surface area contributed by atoms with Gasteiger partial charge in [0.25, 0.3) is 0 Å². The van der Waals surface area contributed by atoms with E-state index in [2.05, 4.69) is 0 Å². The summed E-state index contributed by atoms with van der Waals surface area (Å²) >= 11 is 0. The first-order valence-corrected chi connectivity index (χ1v) is 2.32. The minimum Gasteiger partial charge on any atom is -0.330 e. The smallest absolute Gasteiger partial charge is 0 e. The Bertz CT molecular complexity index is 21.7. The van der Waals surface area contributed by atoms with Gasteiger partial charge in [-0.05, 0) is 25.9 Å². The predicted molar refractivity (Wildman–Crippen MR) is 33.1 cm³/mol. The molecule has 0 aliphatic heterocycles. The van der Waals surface area contributed by atoms with Crippen molar-refractivity contribution in [3.05, 3.63) is 0 Å². The second-order valence-corrected chi connectivity index (χ2v) is 1.28. The maximum atomic E-state index is 5.16. The van der Waals surface area contributed by atoms with Crippen molar-refractivity contribution in [3.8, 4) is 0 Å². The molecule has 0 aliphatic carbocycles. The van der Waals surface area contributed by atoms with Gasteiger partial charge in [0.1, 0.15) is 0 Å². The van der Waals surface area contributed by atoms with E-state index in [1.165, 1.54) is 0 Å². The fourth-order valence-electron chi connectivity index (χ4n) is 0.289. The molecule has 0 aromatic carbocycles. The van der Waals surface area contributed by atoms with Crippen molar-refractivity contribution < 1.29 is 0 Å². The summed E-state index contributed by atoms with van der Waals surface area (Å²) in [5, 5.41) is 0. The predicted octanol–water partition coefficient (Wildman–Crippen LogP) is -0.697. The fourth-order valence-corrected chi connectivity index (χ4v) is 0.289. The summed E-state index contributed by atoms with van der Waals surface area (Å²) in [5.74, 6) is 0. The SMILES string of the molecule is NCCCCN.[K]. The fraction of sp³-hybridized carbons (Fsp3) is 1.00. The minimum atomic E-state index is 0. The van der Waals surface area contributed by atoms with Gasteiger partial charge in [-0.2, -0.15) is 0 Å². The normalized spacial score (nSPS) is 7.71. The molecule has 0 aliphatic rings. The van der Waals surface area contributed by atoms with Crippen LogP contribution in [0.2, 0.25) is 0 Å². The van der Waals surface area contributed by atoms with Crippen LogP contribution in [0.3, 0.4) is 0 Å². The zero-order valence-electron chi connectivity index (χ0n) is 4.98. The van der Waals surface area contributed by atoms with Crippen LogP contribution >= 0.6 is 0 Å². The molecule has 0 atom stereocenters. The van der Waals surface area contributed by atoms with Gasteiger partial charge >= 0.3 is 0 Å². The molecule has 1 radical (unpaired) electrons. The van der Waals surface area contributed by atoms with E-state index >= 15 is 0 Å². The van der Waals surface area contributed by atoms with E-state index in [0.29, 0.717) is 0 Å². The first-order chi connectivity index (χ1) is 2.91. The Morgan fingerprint density at radius 2 is 1.14 bits per heavy atom. The van der Waals surface area contributed by atoms with Crippen LogP contribution in [0.25, 0.3) is 0 Å². The molecule has 7 heavy (non-hydrogen) atoms. The number of unbranched alkanes of at least 4 members (excludes halogenated alkanes) is 1. The molecule has 0 saturated heterocycles. The third-order valence-electron chi connectivity index (χ3n) is 0.658. The molecule has 0 saturated carbocycles. The van der Waals surface area contributed by atoms with Crippen LogP contribution in [0.4, 0.5) is 0 Å². The number of rotatable bonds is 3. The van der Waals surface area contributed by atoms with Crippen LogP contribution < -0.4 is 11.5 Å². The van der Waals surface area contributed by atoms with Crippen molar-refractivity contribution in [2.24, 2.45) is 11.5 Å². The van der Waals surface area contributed by atoms with E-state index in [0.717, 1.165) is 25.9 Å². The Hall–Kier alpha value is 1.56. The quantitative estimate of drug-likeness (QED) is 0.389. The van der Waals surface area contributed by atoms with Crippen molar-refractivity contribution in [2.75, 3.05) is 13.1 Å². The van der Waals surface area contributed by atoms with Crippen LogP contribution in [0.1, 0.15) is 12.8 Å². The average molecular weight is 127 g/mol. The molecule has 0 spiro atoms. The third kappa shape index (κ3) is 11.2. The number of hydrogen-bond donors (Lipinski definition) is 2. The van der Waals surface area contributed by atoms with Crippen LogP contribution in [0.15, 0.2) is 0 Å². The Morgan fingerprint density at radius 3 is 1.29 bits per heavy atom. The van der Waals surface area contributed by atoms with Gasteiger partial charge in [-0.3, -0.25) is 0 Å². The van der Waals surface area contributed by atoms with Crippen molar-refractivity contribution in [2.45, 2.75) is 12.8 Å². The molecule has 0 aromatic heterocycles. The molecule has 4 N–H and O–H groups in total. The second kappa shape index (κ2) is 10.5. The van der Waals surface area contributed by atoms with Gasteiger partial charge in [0, 0.05) is 51.4 Å². The summed E-state index contributed by atoms with van der Waals surface area (Å²) in [6.45, 7) is 1.55. The van der Waals surface area contributed by atoms with Crippen LogP contribution in [-0.2, 0) is 0 Å². The molecule has 0 bridgehead atoms. The van der Waals surface area contributed by atoms with E-state index in [-0.39, 0.29) is 51.4 Å². The first-order valence-electron chi connectivity index (χ1n) is 2.32. The van der Waals surface area contributed by atoms with Crippen LogP contribution in [-0.4, -0.2) is 64.5 Å². The maximum Gasteiger partial charge on any atom is 0 e. The Balaban J connectivity index is 0. The summed E-state index contributed by atoms with van der Waals surface area (Å²) in [5.41, 5.74) is 10.3. The molecule has 0 heterocycles. The van der Waals surface area contributed by atoms with E-state index in [4.69, 9.17) is 11.5 Å². The molecular formula is C4H12KN2. The Kier molecular flexibility index (Phi) is 17.1. The maximum absolute atomic E-state index is 5.16. The van der Waals surface area contributed by atoms with E-state index in [9.17, 15) is 0 Å². The molecule has 0 aromatic rings. The summed E-state index contributed by atoms with van der Waals surface area (Å²) in [6, 6.07) is 0. The third-order valence-corrected chi connectivity index (χ3v) is 0.658. The molecule has 0 fully saturated rings. The molecule has 3 heteroatoms. The van der Waals surface area contributed by atoms with Crippen molar-refractivity contribution in [1.29, 1.82) is 0 Å². The van der Waals surface area contributed by atoms with E-state index < -0.39 is 0 Å². The number of nitrogens with two attached hydrogens (primary N) is 2. The number of hydrogen-bond acceptors (Lipinski definition) is 2. The van der Waals surface area contributed by atoms with Crippen LogP contribution in [0, 0.1) is 0 Å². The molecule has 0 unspecified atom stereocenters. The van der Waals surface area contributed by atoms with Gasteiger partial charge in [-0.15, -0.1) is 0 Å². The monoisotopic (exact) mass is 127 g/mol.